The molecule has 0 saturated carbocycles. The van der Waals surface area contributed by atoms with Crippen molar-refractivity contribution in [1.82, 2.24) is 68.9 Å². The average Bonchev–Trinajstić information content (AvgIpc) is 3.51. The molecule has 13 rings (SSSR count). The maximum absolute atomic E-state index is 15.3. The number of aryl methyl sites for hydroxylation is 9. The van der Waals surface area contributed by atoms with E-state index in [9.17, 15) is 0 Å². The van der Waals surface area contributed by atoms with Gasteiger partial charge in [-0.1, -0.05) is 30.3 Å². The Balaban J connectivity index is 1.14. The molecule has 13 aromatic rings. The summed E-state index contributed by atoms with van der Waals surface area (Å²) < 4.78 is 50.1. The van der Waals surface area contributed by atoms with Gasteiger partial charge < -0.3 is 9.13 Å². The van der Waals surface area contributed by atoms with Crippen molar-refractivity contribution in [3.63, 3.8) is 0 Å². The Hall–Kier alpha value is -10.5. The molecule has 404 valence electrons. The number of hydrogen-bond donors (Lipinski definition) is 0. The fourth-order valence-corrected chi connectivity index (χ4v) is 11.5. The summed E-state index contributed by atoms with van der Waals surface area (Å²) in [7, 11) is 0. The molecule has 0 unspecified atom stereocenters. The van der Waals surface area contributed by atoms with Crippen molar-refractivity contribution in [2.75, 3.05) is 0 Å². The summed E-state index contributed by atoms with van der Waals surface area (Å²) in [4.78, 5) is 59.6. The van der Waals surface area contributed by atoms with Crippen molar-refractivity contribution in [2.45, 2.75) is 68.5 Å². The highest BCUT2D eigenvalue weighted by Gasteiger charge is 2.35. The number of fused-ring (bicyclic) bond motifs is 6. The minimum Gasteiger partial charge on any atom is -0.309 e. The smallest absolute Gasteiger partial charge is 0.309 e. The molecule has 0 amide bonds. The molecule has 0 saturated heterocycles. The van der Waals surface area contributed by atoms with Gasteiger partial charge in [-0.15, -0.1) is 0 Å². The number of aromatic nitrogens is 14. The molecular formula is C65H48F3N15. The standard InChI is InChI=1S/C65H48F3N15/c1-32-12-11-13-53(65(66,67)68)60(32)41-14-20-47(59(30-41)83-56-23-17-44(63-78-37(6)72-38(7)79-63)28-50(56)51-29-45(18-24-57(51)83)64-80-39(8)73-40(9)81-64)52-31-46(69-10)19-25-58(52)82-54-21-15-42(61-74-33(2)70-34(3)75-61)26-48(54)49-27-43(16-22-55(49)82)62-76-35(4)71-36(5)77-62/h11-31H,1-9H3. The van der Waals surface area contributed by atoms with Gasteiger partial charge >= 0.3 is 6.18 Å². The van der Waals surface area contributed by atoms with Crippen LogP contribution in [0.1, 0.15) is 57.7 Å². The summed E-state index contributed by atoms with van der Waals surface area (Å²) in [5.41, 5.74) is 9.08. The first kappa shape index (κ1) is 51.9. The molecule has 0 spiro atoms. The molecule has 7 aromatic carbocycles. The summed E-state index contributed by atoms with van der Waals surface area (Å²) in [6.07, 6.45) is -4.67. The highest BCUT2D eigenvalue weighted by Crippen LogP contribution is 2.47. The maximum atomic E-state index is 15.3. The number of rotatable bonds is 8. The molecule has 0 aliphatic carbocycles. The lowest BCUT2D eigenvalue weighted by molar-refractivity contribution is -0.137. The Labute approximate surface area is 473 Å². The van der Waals surface area contributed by atoms with Gasteiger partial charge in [-0.05, 0) is 182 Å². The van der Waals surface area contributed by atoms with Crippen molar-refractivity contribution in [3.8, 4) is 79.2 Å². The largest absolute Gasteiger partial charge is 0.417 e. The third-order valence-corrected chi connectivity index (χ3v) is 14.7. The predicted molar refractivity (Wildman–Crippen MR) is 315 cm³/mol. The van der Waals surface area contributed by atoms with E-state index < -0.39 is 11.7 Å². The highest BCUT2D eigenvalue weighted by atomic mass is 19.4. The lowest BCUT2D eigenvalue weighted by Gasteiger charge is -2.22. The van der Waals surface area contributed by atoms with E-state index in [4.69, 9.17) is 46.4 Å². The normalized spacial score (nSPS) is 11.8. The Bertz CT molecular complexity index is 4640. The zero-order valence-electron chi connectivity index (χ0n) is 46.5. The second-order valence-electron chi connectivity index (χ2n) is 20.7. The Morgan fingerprint density at radius 1 is 0.361 bits per heavy atom. The van der Waals surface area contributed by atoms with Gasteiger partial charge in [0.25, 0.3) is 0 Å². The van der Waals surface area contributed by atoms with Crippen LogP contribution in [0, 0.1) is 68.9 Å². The quantitative estimate of drug-likeness (QED) is 0.132. The topological polar surface area (TPSA) is 169 Å². The number of alkyl halides is 3. The van der Waals surface area contributed by atoms with Crippen LogP contribution < -0.4 is 0 Å². The fourth-order valence-electron chi connectivity index (χ4n) is 11.5. The Kier molecular flexibility index (Phi) is 12.3. The number of nitrogens with zero attached hydrogens (tertiary/aromatic N) is 15. The van der Waals surface area contributed by atoms with Gasteiger partial charge in [-0.25, -0.2) is 64.7 Å². The fraction of sp³-hybridized carbons (Fsp3) is 0.154. The van der Waals surface area contributed by atoms with Crippen LogP contribution >= 0.6 is 0 Å². The lowest BCUT2D eigenvalue weighted by atomic mass is 9.91. The van der Waals surface area contributed by atoms with Crippen LogP contribution in [-0.2, 0) is 6.18 Å². The van der Waals surface area contributed by atoms with Gasteiger partial charge in [0.1, 0.15) is 46.6 Å². The van der Waals surface area contributed by atoms with Gasteiger partial charge in [-0.2, -0.15) is 13.2 Å². The SMILES string of the molecule is [C-]#[N+]c1ccc(-n2c3ccc(-c4nc(C)nc(C)n4)cc3c3cc(-c4nc(C)nc(C)n4)ccc32)c(-c2ccc(-c3c(C)cccc3C(F)(F)F)cc2-n2c3ccc(-c4nc(C)nc(C)n4)cc3c3cc(-c4nc(C)nc(C)n4)ccc32)c1. The maximum Gasteiger partial charge on any atom is 0.417 e. The van der Waals surface area contributed by atoms with Crippen LogP contribution in [0.15, 0.2) is 127 Å². The molecule has 0 bridgehead atoms. The second kappa shape index (κ2) is 19.6. The summed E-state index contributed by atoms with van der Waals surface area (Å²) in [5, 5.41) is 3.34. The van der Waals surface area contributed by atoms with Crippen LogP contribution in [0.5, 0.6) is 0 Å². The van der Waals surface area contributed by atoms with E-state index in [-0.39, 0.29) is 5.56 Å². The van der Waals surface area contributed by atoms with Gasteiger partial charge in [0, 0.05) is 49.4 Å². The van der Waals surface area contributed by atoms with Crippen LogP contribution in [0.25, 0.3) is 128 Å². The highest BCUT2D eigenvalue weighted by molar-refractivity contribution is 6.14. The molecule has 0 radical (unpaired) electrons. The van der Waals surface area contributed by atoms with E-state index in [1.165, 1.54) is 6.07 Å². The second-order valence-corrected chi connectivity index (χ2v) is 20.7. The molecule has 6 aromatic heterocycles. The van der Waals surface area contributed by atoms with Crippen LogP contribution in [0.2, 0.25) is 0 Å². The molecule has 0 aliphatic heterocycles. The molecule has 15 nitrogen and oxygen atoms in total. The first-order valence-electron chi connectivity index (χ1n) is 26.6. The molecule has 0 fully saturated rings. The van der Waals surface area contributed by atoms with E-state index in [0.29, 0.717) is 109 Å². The molecule has 0 aliphatic rings. The first-order valence-corrected chi connectivity index (χ1v) is 26.6. The van der Waals surface area contributed by atoms with Crippen molar-refractivity contribution in [3.05, 3.63) is 197 Å². The summed E-state index contributed by atoms with van der Waals surface area (Å²) >= 11 is 0. The zero-order chi connectivity index (χ0) is 57.7. The predicted octanol–water partition coefficient (Wildman–Crippen LogP) is 15.0. The minimum atomic E-state index is -4.67. The third-order valence-electron chi connectivity index (χ3n) is 14.7. The first-order chi connectivity index (χ1) is 39.8. The van der Waals surface area contributed by atoms with Crippen molar-refractivity contribution >= 4 is 49.3 Å². The van der Waals surface area contributed by atoms with E-state index >= 15 is 13.2 Å². The summed E-state index contributed by atoms with van der Waals surface area (Å²) in [5.74, 6) is 6.64. The zero-order valence-corrected chi connectivity index (χ0v) is 46.5. The van der Waals surface area contributed by atoms with Gasteiger partial charge in [0.15, 0.2) is 29.0 Å². The third kappa shape index (κ3) is 9.21. The molecule has 0 atom stereocenters. The monoisotopic (exact) mass is 1100 g/mol. The van der Waals surface area contributed by atoms with Crippen LogP contribution in [0.4, 0.5) is 18.9 Å². The van der Waals surface area contributed by atoms with Crippen LogP contribution in [-0.4, -0.2) is 68.9 Å². The summed E-state index contributed by atoms with van der Waals surface area (Å²) in [6, 6.07) is 39.4. The number of hydrogen-bond acceptors (Lipinski definition) is 12. The number of benzene rings is 7. The van der Waals surface area contributed by atoms with E-state index in [1.807, 2.05) is 140 Å². The molecule has 0 N–H and O–H groups in total. The molecular weight excluding hydrogens is 1050 g/mol. The minimum absolute atomic E-state index is 0.0514. The summed E-state index contributed by atoms with van der Waals surface area (Å²) in [6.45, 7) is 24.8. The Morgan fingerprint density at radius 3 is 1.08 bits per heavy atom. The lowest BCUT2D eigenvalue weighted by Crippen LogP contribution is -2.08. The average molecular weight is 1100 g/mol. The van der Waals surface area contributed by atoms with Crippen LogP contribution in [0.3, 0.4) is 0 Å². The van der Waals surface area contributed by atoms with Crippen molar-refractivity contribution in [2.24, 2.45) is 0 Å². The van der Waals surface area contributed by atoms with E-state index in [0.717, 1.165) is 71.9 Å². The molecule has 18 heteroatoms. The number of halogens is 3. The van der Waals surface area contributed by atoms with E-state index in [1.54, 1.807) is 25.1 Å². The van der Waals surface area contributed by atoms with Crippen molar-refractivity contribution < 1.29 is 13.2 Å². The van der Waals surface area contributed by atoms with Gasteiger partial charge in [-0.3, -0.25) is 0 Å². The van der Waals surface area contributed by atoms with E-state index in [2.05, 4.69) is 46.0 Å². The van der Waals surface area contributed by atoms with Gasteiger partial charge in [0.2, 0.25) is 0 Å². The van der Waals surface area contributed by atoms with Crippen molar-refractivity contribution in [1.29, 1.82) is 0 Å². The Morgan fingerprint density at radius 2 is 0.723 bits per heavy atom. The van der Waals surface area contributed by atoms with Gasteiger partial charge in [0.05, 0.1) is 45.6 Å². The molecule has 6 heterocycles. The molecule has 83 heavy (non-hydrogen) atoms.